The maximum absolute atomic E-state index is 6.20. The number of hydrogen-bond donors (Lipinski definition) is 1. The molecule has 3 nitrogen and oxygen atoms in total. The van der Waals surface area contributed by atoms with Gasteiger partial charge in [-0.05, 0) is 44.8 Å². The van der Waals surface area contributed by atoms with Gasteiger partial charge >= 0.3 is 0 Å². The molecule has 1 aromatic rings. The van der Waals surface area contributed by atoms with Crippen LogP contribution in [0.25, 0.3) is 5.57 Å². The Balaban J connectivity index is 2.61. The summed E-state index contributed by atoms with van der Waals surface area (Å²) in [5.41, 5.74) is 2.28. The van der Waals surface area contributed by atoms with Crippen LogP contribution in [0.4, 0.5) is 0 Å². The molecule has 4 heteroatoms. The maximum Gasteiger partial charge on any atom is 0.0862 e. The van der Waals surface area contributed by atoms with Crippen molar-refractivity contribution in [1.82, 2.24) is 15.1 Å². The van der Waals surface area contributed by atoms with E-state index in [9.17, 15) is 0 Å². The van der Waals surface area contributed by atoms with E-state index in [0.717, 1.165) is 43.2 Å². The van der Waals surface area contributed by atoms with Crippen molar-refractivity contribution in [2.24, 2.45) is 0 Å². The Morgan fingerprint density at radius 3 is 2.83 bits per heavy atom. The summed E-state index contributed by atoms with van der Waals surface area (Å²) in [5, 5.41) is 8.45. The fraction of sp³-hybridized carbons (Fsp3) is 0.643. The SMILES string of the molecule is CCCNCC/C=C(/C)c1c(Cl)cnn1CCC. The normalized spacial score (nSPS) is 12.1. The Morgan fingerprint density at radius 1 is 1.39 bits per heavy atom. The van der Waals surface area contributed by atoms with Crippen molar-refractivity contribution in [1.29, 1.82) is 0 Å². The molecular weight excluding hydrogens is 246 g/mol. The van der Waals surface area contributed by atoms with E-state index in [4.69, 9.17) is 11.6 Å². The minimum absolute atomic E-state index is 0.749. The summed E-state index contributed by atoms with van der Waals surface area (Å²) >= 11 is 6.20. The van der Waals surface area contributed by atoms with Crippen molar-refractivity contribution in [2.45, 2.75) is 46.6 Å². The zero-order valence-corrected chi connectivity index (χ0v) is 12.4. The number of allylic oxidation sites excluding steroid dienone is 1. The molecule has 0 atom stereocenters. The average Bonchev–Trinajstić information content (AvgIpc) is 2.71. The molecule has 0 amide bonds. The number of rotatable bonds is 8. The second-order valence-corrected chi connectivity index (χ2v) is 4.90. The molecule has 0 spiro atoms. The van der Waals surface area contributed by atoms with Crippen LogP contribution < -0.4 is 5.32 Å². The van der Waals surface area contributed by atoms with Crippen LogP contribution >= 0.6 is 11.6 Å². The molecule has 1 rings (SSSR count). The third kappa shape index (κ3) is 4.46. The maximum atomic E-state index is 6.20. The van der Waals surface area contributed by atoms with Crippen LogP contribution in [0.2, 0.25) is 5.02 Å². The van der Waals surface area contributed by atoms with E-state index in [0.29, 0.717) is 0 Å². The summed E-state index contributed by atoms with van der Waals surface area (Å²) in [6.07, 6.45) is 7.24. The van der Waals surface area contributed by atoms with E-state index in [2.05, 4.69) is 37.3 Å². The van der Waals surface area contributed by atoms with E-state index in [1.54, 1.807) is 6.20 Å². The highest BCUT2D eigenvalue weighted by molar-refractivity contribution is 6.32. The van der Waals surface area contributed by atoms with Crippen LogP contribution in [-0.4, -0.2) is 22.9 Å². The number of aromatic nitrogens is 2. The summed E-state index contributed by atoms with van der Waals surface area (Å²) in [6.45, 7) is 9.45. The second kappa shape index (κ2) is 8.33. The lowest BCUT2D eigenvalue weighted by Crippen LogP contribution is -2.15. The Hall–Kier alpha value is -0.800. The molecule has 0 aliphatic carbocycles. The van der Waals surface area contributed by atoms with Gasteiger partial charge in [-0.3, -0.25) is 4.68 Å². The first kappa shape index (κ1) is 15.3. The van der Waals surface area contributed by atoms with Crippen molar-refractivity contribution in [3.05, 3.63) is 23.0 Å². The predicted molar refractivity (Wildman–Crippen MR) is 79.0 cm³/mol. The first-order valence-electron chi connectivity index (χ1n) is 6.79. The van der Waals surface area contributed by atoms with Crippen LogP contribution in [0.5, 0.6) is 0 Å². The van der Waals surface area contributed by atoms with Crippen molar-refractivity contribution < 1.29 is 0 Å². The van der Waals surface area contributed by atoms with Gasteiger partial charge in [-0.15, -0.1) is 0 Å². The first-order chi connectivity index (χ1) is 8.70. The molecule has 1 heterocycles. The van der Waals surface area contributed by atoms with E-state index in [-0.39, 0.29) is 0 Å². The van der Waals surface area contributed by atoms with Crippen molar-refractivity contribution >= 4 is 17.2 Å². The van der Waals surface area contributed by atoms with Gasteiger partial charge in [0, 0.05) is 6.54 Å². The molecule has 0 bridgehead atoms. The van der Waals surface area contributed by atoms with E-state index >= 15 is 0 Å². The summed E-state index contributed by atoms with van der Waals surface area (Å²) in [6, 6.07) is 0. The smallest absolute Gasteiger partial charge is 0.0862 e. The van der Waals surface area contributed by atoms with Gasteiger partial charge in [0.2, 0.25) is 0 Å². The van der Waals surface area contributed by atoms with Crippen LogP contribution in [0, 0.1) is 0 Å². The van der Waals surface area contributed by atoms with Crippen molar-refractivity contribution in [2.75, 3.05) is 13.1 Å². The van der Waals surface area contributed by atoms with E-state index in [1.165, 1.54) is 12.0 Å². The second-order valence-electron chi connectivity index (χ2n) is 4.49. The molecule has 0 radical (unpaired) electrons. The number of nitrogens with one attached hydrogen (secondary N) is 1. The fourth-order valence-electron chi connectivity index (χ4n) is 1.93. The summed E-state index contributed by atoms with van der Waals surface area (Å²) in [4.78, 5) is 0. The van der Waals surface area contributed by atoms with Gasteiger partial charge in [0.05, 0.1) is 16.9 Å². The molecule has 0 aliphatic rings. The molecule has 1 N–H and O–H groups in total. The molecule has 0 saturated carbocycles. The van der Waals surface area contributed by atoms with Crippen LogP contribution in [0.3, 0.4) is 0 Å². The molecule has 0 saturated heterocycles. The molecule has 0 aromatic carbocycles. The third-order valence-corrected chi connectivity index (χ3v) is 3.08. The zero-order chi connectivity index (χ0) is 13.4. The molecule has 18 heavy (non-hydrogen) atoms. The van der Waals surface area contributed by atoms with Crippen molar-refractivity contribution in [3.63, 3.8) is 0 Å². The largest absolute Gasteiger partial charge is 0.316 e. The van der Waals surface area contributed by atoms with Gasteiger partial charge < -0.3 is 5.32 Å². The summed E-state index contributed by atoms with van der Waals surface area (Å²) in [5.74, 6) is 0. The lowest BCUT2D eigenvalue weighted by atomic mass is 10.1. The Morgan fingerprint density at radius 2 is 2.17 bits per heavy atom. The van der Waals surface area contributed by atoms with Gasteiger partial charge in [0.15, 0.2) is 0 Å². The monoisotopic (exact) mass is 269 g/mol. The molecule has 0 aliphatic heterocycles. The number of aryl methyl sites for hydroxylation is 1. The topological polar surface area (TPSA) is 29.9 Å². The van der Waals surface area contributed by atoms with Crippen LogP contribution in [0.1, 0.15) is 45.7 Å². The Labute approximate surface area is 115 Å². The van der Waals surface area contributed by atoms with Crippen LogP contribution in [0.15, 0.2) is 12.3 Å². The van der Waals surface area contributed by atoms with E-state index < -0.39 is 0 Å². The Kier molecular flexibility index (Phi) is 7.06. The highest BCUT2D eigenvalue weighted by atomic mass is 35.5. The van der Waals surface area contributed by atoms with Crippen LogP contribution in [-0.2, 0) is 6.54 Å². The fourth-order valence-corrected chi connectivity index (χ4v) is 2.22. The first-order valence-corrected chi connectivity index (χ1v) is 7.17. The number of hydrogen-bond acceptors (Lipinski definition) is 2. The standard InChI is InChI=1S/C14H24ClN3/c1-4-8-16-9-6-7-12(3)14-13(15)11-17-18(14)10-5-2/h7,11,16H,4-6,8-10H2,1-3H3/b12-7-. The van der Waals surface area contributed by atoms with Gasteiger partial charge in [-0.1, -0.05) is 31.5 Å². The molecular formula is C14H24ClN3. The molecule has 102 valence electrons. The lowest BCUT2D eigenvalue weighted by Gasteiger charge is -2.07. The molecule has 0 fully saturated rings. The minimum Gasteiger partial charge on any atom is -0.316 e. The Bertz CT molecular complexity index is 382. The number of nitrogens with zero attached hydrogens (tertiary/aromatic N) is 2. The quantitative estimate of drug-likeness (QED) is 0.729. The lowest BCUT2D eigenvalue weighted by molar-refractivity contribution is 0.596. The van der Waals surface area contributed by atoms with Gasteiger partial charge in [-0.2, -0.15) is 5.10 Å². The minimum atomic E-state index is 0.749. The van der Waals surface area contributed by atoms with Gasteiger partial charge in [-0.25, -0.2) is 0 Å². The molecule has 0 unspecified atom stereocenters. The highest BCUT2D eigenvalue weighted by Crippen LogP contribution is 2.23. The van der Waals surface area contributed by atoms with Crippen molar-refractivity contribution in [3.8, 4) is 0 Å². The van der Waals surface area contributed by atoms with E-state index in [1.807, 2.05) is 4.68 Å². The average molecular weight is 270 g/mol. The summed E-state index contributed by atoms with van der Waals surface area (Å²) < 4.78 is 1.99. The number of halogens is 1. The predicted octanol–water partition coefficient (Wildman–Crippen LogP) is 3.74. The summed E-state index contributed by atoms with van der Waals surface area (Å²) in [7, 11) is 0. The zero-order valence-electron chi connectivity index (χ0n) is 11.7. The highest BCUT2D eigenvalue weighted by Gasteiger charge is 2.09. The van der Waals surface area contributed by atoms with Gasteiger partial charge in [0.1, 0.15) is 0 Å². The molecule has 1 aromatic heterocycles. The third-order valence-electron chi connectivity index (χ3n) is 2.80. The van der Waals surface area contributed by atoms with Gasteiger partial charge in [0.25, 0.3) is 0 Å².